The van der Waals surface area contributed by atoms with Crippen LogP contribution in [-0.4, -0.2) is 94.5 Å². The van der Waals surface area contributed by atoms with E-state index >= 15 is 0 Å². The van der Waals surface area contributed by atoms with Crippen molar-refractivity contribution < 1.29 is 9.47 Å². The van der Waals surface area contributed by atoms with E-state index in [2.05, 4.69) is 49.3 Å². The third-order valence-corrected chi connectivity index (χ3v) is 6.02. The smallest absolute Gasteiger partial charge is 0.193 e. The summed E-state index contributed by atoms with van der Waals surface area (Å²) >= 11 is 0. The Balaban J connectivity index is 0.00000240. The van der Waals surface area contributed by atoms with E-state index in [1.807, 2.05) is 7.05 Å². The second kappa shape index (κ2) is 11.3. The van der Waals surface area contributed by atoms with Crippen molar-refractivity contribution in [2.24, 2.45) is 4.99 Å². The van der Waals surface area contributed by atoms with Gasteiger partial charge < -0.3 is 24.6 Å². The molecular weight excluding hydrogens is 481 g/mol. The van der Waals surface area contributed by atoms with Gasteiger partial charge in [-0.1, -0.05) is 18.2 Å². The summed E-state index contributed by atoms with van der Waals surface area (Å²) < 4.78 is 11.0. The molecule has 3 aliphatic heterocycles. The second-order valence-corrected chi connectivity index (χ2v) is 7.67. The van der Waals surface area contributed by atoms with Gasteiger partial charge in [0.1, 0.15) is 0 Å². The molecule has 3 aliphatic rings. The second-order valence-electron chi connectivity index (χ2n) is 7.67. The molecule has 0 aliphatic carbocycles. The number of benzene rings is 1. The van der Waals surface area contributed by atoms with Gasteiger partial charge in [0.15, 0.2) is 5.96 Å². The van der Waals surface area contributed by atoms with E-state index in [1.165, 1.54) is 17.7 Å². The van der Waals surface area contributed by atoms with Crippen LogP contribution < -0.4 is 10.2 Å². The number of rotatable bonds is 4. The Morgan fingerprint density at radius 1 is 1.03 bits per heavy atom. The molecule has 0 bridgehead atoms. The van der Waals surface area contributed by atoms with Crippen molar-refractivity contribution in [1.82, 2.24) is 15.1 Å². The van der Waals surface area contributed by atoms with Crippen LogP contribution in [0.25, 0.3) is 0 Å². The van der Waals surface area contributed by atoms with E-state index in [1.54, 1.807) is 0 Å². The summed E-state index contributed by atoms with van der Waals surface area (Å²) in [6, 6.07) is 9.29. The van der Waals surface area contributed by atoms with Gasteiger partial charge in [-0.2, -0.15) is 0 Å². The summed E-state index contributed by atoms with van der Waals surface area (Å²) in [5.74, 6) is 1.01. The molecule has 0 spiro atoms. The minimum atomic E-state index is 0. The highest BCUT2D eigenvalue weighted by molar-refractivity contribution is 14.0. The number of halogens is 1. The lowest BCUT2D eigenvalue weighted by Crippen LogP contribution is -2.46. The fourth-order valence-corrected chi connectivity index (χ4v) is 4.45. The average Bonchev–Trinajstić information content (AvgIpc) is 3.26. The maximum Gasteiger partial charge on any atom is 0.193 e. The van der Waals surface area contributed by atoms with Crippen molar-refractivity contribution >= 4 is 35.6 Å². The summed E-state index contributed by atoms with van der Waals surface area (Å²) in [7, 11) is 1.89. The van der Waals surface area contributed by atoms with Crippen molar-refractivity contribution in [2.45, 2.75) is 19.0 Å². The van der Waals surface area contributed by atoms with E-state index in [4.69, 9.17) is 9.47 Å². The molecule has 4 rings (SSSR count). The number of guanidine groups is 1. The number of hydrogen-bond acceptors (Lipinski definition) is 5. The van der Waals surface area contributed by atoms with Crippen LogP contribution in [0.4, 0.5) is 5.69 Å². The summed E-state index contributed by atoms with van der Waals surface area (Å²) in [5, 5.41) is 3.61. The minimum Gasteiger partial charge on any atom is -0.379 e. The first-order chi connectivity index (χ1) is 13.8. The van der Waals surface area contributed by atoms with Crippen LogP contribution in [0.1, 0.15) is 12.0 Å². The van der Waals surface area contributed by atoms with Crippen molar-refractivity contribution in [3.63, 3.8) is 0 Å². The summed E-state index contributed by atoms with van der Waals surface area (Å²) in [5.41, 5.74) is 2.62. The minimum absolute atomic E-state index is 0. The number of likely N-dealkylation sites (tertiary alicyclic amines) is 1. The molecule has 1 atom stereocenters. The topological polar surface area (TPSA) is 52.6 Å². The quantitative estimate of drug-likeness (QED) is 0.374. The highest BCUT2D eigenvalue weighted by Gasteiger charge is 2.30. The Kier molecular flexibility index (Phi) is 8.83. The fraction of sp³-hybridized carbons (Fsp3) is 0.667. The molecule has 29 heavy (non-hydrogen) atoms. The van der Waals surface area contributed by atoms with E-state index in [-0.39, 0.29) is 24.0 Å². The van der Waals surface area contributed by atoms with Crippen LogP contribution in [0.2, 0.25) is 0 Å². The highest BCUT2D eigenvalue weighted by atomic mass is 127. The number of nitrogens with one attached hydrogen (secondary N) is 1. The van der Waals surface area contributed by atoms with E-state index < -0.39 is 0 Å². The van der Waals surface area contributed by atoms with E-state index in [9.17, 15) is 0 Å². The SMILES string of the molecule is CN=C(NCc1ccccc1N1CCOCC1)N1CCC(N2CCOCC2)C1.I. The summed E-state index contributed by atoms with van der Waals surface area (Å²) in [6.45, 7) is 10.3. The Morgan fingerprint density at radius 2 is 1.72 bits per heavy atom. The van der Waals surface area contributed by atoms with Crippen molar-refractivity contribution in [1.29, 1.82) is 0 Å². The van der Waals surface area contributed by atoms with Gasteiger partial charge in [0.25, 0.3) is 0 Å². The number of para-hydroxylation sites is 1. The van der Waals surface area contributed by atoms with E-state index in [0.717, 1.165) is 78.2 Å². The molecule has 7 nitrogen and oxygen atoms in total. The molecule has 8 heteroatoms. The Hall–Kier alpha value is -1.10. The molecule has 0 radical (unpaired) electrons. The van der Waals surface area contributed by atoms with Crippen LogP contribution in [0.3, 0.4) is 0 Å². The third-order valence-electron chi connectivity index (χ3n) is 6.02. The standard InChI is InChI=1S/C21H33N5O2.HI/c1-22-21(26-7-6-19(17-26)24-8-12-27-13-9-24)23-16-18-4-2-3-5-20(18)25-10-14-28-15-11-25;/h2-5,19H,6-17H2,1H3,(H,22,23);1H. The zero-order chi connectivity index (χ0) is 19.2. The number of anilines is 1. The van der Waals surface area contributed by atoms with E-state index in [0.29, 0.717) is 6.04 Å². The molecule has 1 aromatic rings. The zero-order valence-corrected chi connectivity index (χ0v) is 19.7. The molecule has 3 saturated heterocycles. The summed E-state index contributed by atoms with van der Waals surface area (Å²) in [4.78, 5) is 12.0. The first-order valence-corrected chi connectivity index (χ1v) is 10.5. The van der Waals surface area contributed by atoms with Crippen LogP contribution in [0.15, 0.2) is 29.3 Å². The summed E-state index contributed by atoms with van der Waals surface area (Å²) in [6.07, 6.45) is 1.20. The van der Waals surface area contributed by atoms with Gasteiger partial charge >= 0.3 is 0 Å². The molecule has 0 aromatic heterocycles. The Morgan fingerprint density at radius 3 is 2.45 bits per heavy atom. The predicted octanol–water partition coefficient (Wildman–Crippen LogP) is 1.62. The normalized spacial score (nSPS) is 23.8. The van der Waals surface area contributed by atoms with Crippen molar-refractivity contribution in [3.8, 4) is 0 Å². The Bertz CT molecular complexity index is 662. The number of nitrogens with zero attached hydrogens (tertiary/aromatic N) is 4. The van der Waals surface area contributed by atoms with Crippen molar-refractivity contribution in [2.75, 3.05) is 77.6 Å². The van der Waals surface area contributed by atoms with Gasteiger partial charge in [-0.3, -0.25) is 9.89 Å². The lowest BCUT2D eigenvalue weighted by atomic mass is 10.1. The Labute approximate surface area is 191 Å². The molecule has 1 N–H and O–H groups in total. The van der Waals surface area contributed by atoms with Crippen molar-refractivity contribution in [3.05, 3.63) is 29.8 Å². The molecule has 3 fully saturated rings. The van der Waals surface area contributed by atoms with Gasteiger partial charge in [-0.05, 0) is 18.1 Å². The third kappa shape index (κ3) is 5.74. The maximum absolute atomic E-state index is 5.51. The molecule has 1 unspecified atom stereocenters. The van der Waals surface area contributed by atoms with Gasteiger partial charge in [-0.25, -0.2) is 0 Å². The molecule has 0 saturated carbocycles. The van der Waals surface area contributed by atoms with Gasteiger partial charge in [0.05, 0.1) is 26.4 Å². The van der Waals surface area contributed by atoms with Gasteiger partial charge in [-0.15, -0.1) is 24.0 Å². The first kappa shape index (κ1) is 22.6. The van der Waals surface area contributed by atoms with Crippen LogP contribution in [-0.2, 0) is 16.0 Å². The predicted molar refractivity (Wildman–Crippen MR) is 127 cm³/mol. The number of ether oxygens (including phenoxy) is 2. The lowest BCUT2D eigenvalue weighted by Gasteiger charge is -2.32. The molecule has 1 aromatic carbocycles. The fourth-order valence-electron chi connectivity index (χ4n) is 4.45. The molecule has 3 heterocycles. The molecular formula is C21H34IN5O2. The van der Waals surface area contributed by atoms with Gasteiger partial charge in [0.2, 0.25) is 0 Å². The molecule has 162 valence electrons. The lowest BCUT2D eigenvalue weighted by molar-refractivity contribution is 0.0195. The highest BCUT2D eigenvalue weighted by Crippen LogP contribution is 2.22. The van der Waals surface area contributed by atoms with Crippen LogP contribution >= 0.6 is 24.0 Å². The first-order valence-electron chi connectivity index (χ1n) is 10.5. The monoisotopic (exact) mass is 515 g/mol. The number of morpholine rings is 2. The number of aliphatic imine (C=N–C) groups is 1. The van der Waals surface area contributed by atoms with Crippen LogP contribution in [0, 0.1) is 0 Å². The zero-order valence-electron chi connectivity index (χ0n) is 17.4. The molecule has 0 amide bonds. The largest absolute Gasteiger partial charge is 0.379 e. The average molecular weight is 515 g/mol. The maximum atomic E-state index is 5.51. The van der Waals surface area contributed by atoms with Crippen LogP contribution in [0.5, 0.6) is 0 Å². The number of hydrogen-bond donors (Lipinski definition) is 1. The van der Waals surface area contributed by atoms with Gasteiger partial charge in [0, 0.05) is 64.6 Å².